The van der Waals surface area contributed by atoms with Gasteiger partial charge in [-0.2, -0.15) is 0 Å². The summed E-state index contributed by atoms with van der Waals surface area (Å²) in [4.78, 5) is 11.4. The van der Waals surface area contributed by atoms with Gasteiger partial charge in [-0.15, -0.1) is 18.3 Å². The predicted molar refractivity (Wildman–Crippen MR) is 69.3 cm³/mol. The van der Waals surface area contributed by atoms with Gasteiger partial charge in [-0.1, -0.05) is 24.3 Å². The van der Waals surface area contributed by atoms with E-state index in [1.807, 2.05) is 4.72 Å². The van der Waals surface area contributed by atoms with Crippen molar-refractivity contribution in [1.82, 2.24) is 4.72 Å². The minimum atomic E-state index is -3.74. The Kier molecular flexibility index (Phi) is 5.24. The lowest BCUT2D eigenvalue weighted by molar-refractivity contribution is -0.116. The molecule has 0 heterocycles. The topological polar surface area (TPSA) is 63.2 Å². The van der Waals surface area contributed by atoms with Gasteiger partial charge in [0.15, 0.2) is 0 Å². The highest BCUT2D eigenvalue weighted by atomic mass is 32.2. The van der Waals surface area contributed by atoms with E-state index in [1.54, 1.807) is 24.3 Å². The van der Waals surface area contributed by atoms with Crippen molar-refractivity contribution in [2.75, 3.05) is 11.5 Å². The molecule has 0 unspecified atom stereocenters. The third kappa shape index (κ3) is 4.62. The van der Waals surface area contributed by atoms with Crippen LogP contribution in [-0.4, -0.2) is 25.8 Å². The number of thioether (sulfide) groups is 1. The van der Waals surface area contributed by atoms with Gasteiger partial charge in [0.2, 0.25) is 5.91 Å². The second-order valence-electron chi connectivity index (χ2n) is 3.15. The molecule has 0 fully saturated rings. The summed E-state index contributed by atoms with van der Waals surface area (Å²) < 4.78 is 25.4. The monoisotopic (exact) mass is 271 g/mol. The Morgan fingerprint density at radius 3 is 2.59 bits per heavy atom. The summed E-state index contributed by atoms with van der Waals surface area (Å²) >= 11 is 1.30. The molecule has 1 amide bonds. The predicted octanol–water partition coefficient (Wildman–Crippen LogP) is 1.41. The van der Waals surface area contributed by atoms with Crippen LogP contribution in [0.25, 0.3) is 0 Å². The number of sulfonamides is 1. The molecule has 0 saturated heterocycles. The van der Waals surface area contributed by atoms with Crippen LogP contribution in [0.2, 0.25) is 0 Å². The second-order valence-corrected chi connectivity index (χ2v) is 5.86. The first-order valence-electron chi connectivity index (χ1n) is 4.85. The van der Waals surface area contributed by atoms with E-state index in [0.29, 0.717) is 5.75 Å². The molecule has 1 aromatic rings. The zero-order valence-corrected chi connectivity index (χ0v) is 10.8. The number of amides is 1. The lowest BCUT2D eigenvalue weighted by Crippen LogP contribution is -2.31. The first-order chi connectivity index (χ1) is 8.06. The molecule has 1 aromatic carbocycles. The van der Waals surface area contributed by atoms with Crippen LogP contribution >= 0.6 is 11.8 Å². The van der Waals surface area contributed by atoms with E-state index in [0.717, 1.165) is 0 Å². The van der Waals surface area contributed by atoms with Crippen LogP contribution in [0.1, 0.15) is 0 Å². The minimum Gasteiger partial charge on any atom is -0.273 e. The van der Waals surface area contributed by atoms with E-state index in [-0.39, 0.29) is 10.6 Å². The van der Waals surface area contributed by atoms with Crippen molar-refractivity contribution < 1.29 is 13.2 Å². The molecular formula is C11H13NO3S2. The van der Waals surface area contributed by atoms with Crippen molar-refractivity contribution >= 4 is 27.7 Å². The van der Waals surface area contributed by atoms with E-state index in [9.17, 15) is 13.2 Å². The summed E-state index contributed by atoms with van der Waals surface area (Å²) in [6.07, 6.45) is 1.66. The Labute approximate surface area is 105 Å². The van der Waals surface area contributed by atoms with Gasteiger partial charge in [0.25, 0.3) is 10.0 Å². The molecule has 92 valence electrons. The summed E-state index contributed by atoms with van der Waals surface area (Å²) in [5.41, 5.74) is 0. The van der Waals surface area contributed by atoms with E-state index in [2.05, 4.69) is 6.58 Å². The van der Waals surface area contributed by atoms with Crippen molar-refractivity contribution in [1.29, 1.82) is 0 Å². The average molecular weight is 271 g/mol. The van der Waals surface area contributed by atoms with Crippen LogP contribution in [0.5, 0.6) is 0 Å². The molecule has 1 N–H and O–H groups in total. The summed E-state index contributed by atoms with van der Waals surface area (Å²) in [6.45, 7) is 3.51. The minimum absolute atomic E-state index is 0.0853. The van der Waals surface area contributed by atoms with Crippen LogP contribution in [0.4, 0.5) is 0 Å². The molecule has 0 spiro atoms. The third-order valence-corrected chi connectivity index (χ3v) is 4.10. The highest BCUT2D eigenvalue weighted by Gasteiger charge is 2.16. The van der Waals surface area contributed by atoms with Crippen LogP contribution < -0.4 is 4.72 Å². The Morgan fingerprint density at radius 2 is 2.00 bits per heavy atom. The van der Waals surface area contributed by atoms with Crippen LogP contribution in [0.15, 0.2) is 47.9 Å². The van der Waals surface area contributed by atoms with Crippen molar-refractivity contribution in [3.63, 3.8) is 0 Å². The van der Waals surface area contributed by atoms with Gasteiger partial charge < -0.3 is 0 Å². The molecule has 0 saturated carbocycles. The molecule has 0 bridgehead atoms. The number of benzene rings is 1. The summed E-state index contributed by atoms with van der Waals surface area (Å²) in [7, 11) is -3.74. The molecule has 0 radical (unpaired) electrons. The largest absolute Gasteiger partial charge is 0.273 e. The van der Waals surface area contributed by atoms with E-state index >= 15 is 0 Å². The highest BCUT2D eigenvalue weighted by molar-refractivity contribution is 8.00. The van der Waals surface area contributed by atoms with Crippen LogP contribution in [-0.2, 0) is 14.8 Å². The first-order valence-corrected chi connectivity index (χ1v) is 7.49. The van der Waals surface area contributed by atoms with Gasteiger partial charge >= 0.3 is 0 Å². The zero-order chi connectivity index (χ0) is 12.7. The maximum Gasteiger partial charge on any atom is 0.264 e. The molecule has 6 heteroatoms. The van der Waals surface area contributed by atoms with Gasteiger partial charge in [0.1, 0.15) is 0 Å². The number of hydrogen-bond donors (Lipinski definition) is 1. The molecule has 0 atom stereocenters. The summed E-state index contributed by atoms with van der Waals surface area (Å²) in [5, 5.41) is 0. The van der Waals surface area contributed by atoms with Gasteiger partial charge in [-0.3, -0.25) is 4.79 Å². The van der Waals surface area contributed by atoms with Crippen LogP contribution in [0, 0.1) is 0 Å². The van der Waals surface area contributed by atoms with Gasteiger partial charge in [-0.25, -0.2) is 13.1 Å². The fourth-order valence-electron chi connectivity index (χ4n) is 1.07. The Bertz CT molecular complexity index is 483. The van der Waals surface area contributed by atoms with Crippen molar-refractivity contribution in [3.05, 3.63) is 43.0 Å². The normalized spacial score (nSPS) is 10.8. The maximum absolute atomic E-state index is 11.7. The van der Waals surface area contributed by atoms with Gasteiger partial charge in [-0.05, 0) is 12.1 Å². The second kappa shape index (κ2) is 6.46. The SMILES string of the molecule is C=CCSCC(=O)NS(=O)(=O)c1ccccc1. The Hall–Kier alpha value is -1.27. The summed E-state index contributed by atoms with van der Waals surface area (Å²) in [6, 6.07) is 7.79. The molecular weight excluding hydrogens is 258 g/mol. The number of carbonyl (C=O) groups is 1. The number of rotatable bonds is 6. The van der Waals surface area contributed by atoms with E-state index in [1.165, 1.54) is 23.9 Å². The number of carbonyl (C=O) groups excluding carboxylic acids is 1. The molecule has 17 heavy (non-hydrogen) atoms. The molecule has 1 rings (SSSR count). The Balaban J connectivity index is 2.62. The maximum atomic E-state index is 11.7. The lowest BCUT2D eigenvalue weighted by Gasteiger charge is -2.05. The number of hydrogen-bond acceptors (Lipinski definition) is 4. The van der Waals surface area contributed by atoms with E-state index in [4.69, 9.17) is 0 Å². The molecule has 0 aliphatic heterocycles. The standard InChI is InChI=1S/C11H13NO3S2/c1-2-8-16-9-11(13)12-17(14,15)10-6-4-3-5-7-10/h2-7H,1,8-9H2,(H,12,13). The highest BCUT2D eigenvalue weighted by Crippen LogP contribution is 2.07. The average Bonchev–Trinajstić information content (AvgIpc) is 2.30. The first kappa shape index (κ1) is 13.8. The third-order valence-electron chi connectivity index (χ3n) is 1.77. The quantitative estimate of drug-likeness (QED) is 0.627. The van der Waals surface area contributed by atoms with Crippen molar-refractivity contribution in [2.45, 2.75) is 4.90 Å². The molecule has 0 aromatic heterocycles. The van der Waals surface area contributed by atoms with Crippen LogP contribution in [0.3, 0.4) is 0 Å². The fourth-order valence-corrected chi connectivity index (χ4v) is 2.71. The zero-order valence-electron chi connectivity index (χ0n) is 9.13. The van der Waals surface area contributed by atoms with Gasteiger partial charge in [0.05, 0.1) is 10.6 Å². The van der Waals surface area contributed by atoms with Gasteiger partial charge in [0, 0.05) is 5.75 Å². The molecule has 4 nitrogen and oxygen atoms in total. The lowest BCUT2D eigenvalue weighted by atomic mass is 10.4. The van der Waals surface area contributed by atoms with Crippen molar-refractivity contribution in [2.24, 2.45) is 0 Å². The summed E-state index contributed by atoms with van der Waals surface area (Å²) in [5.74, 6) is 0.178. The van der Waals surface area contributed by atoms with Crippen molar-refractivity contribution in [3.8, 4) is 0 Å². The van der Waals surface area contributed by atoms with E-state index < -0.39 is 15.9 Å². The number of nitrogens with one attached hydrogen (secondary N) is 1. The Morgan fingerprint density at radius 1 is 1.35 bits per heavy atom. The molecule has 0 aliphatic carbocycles. The molecule has 0 aliphatic rings. The smallest absolute Gasteiger partial charge is 0.264 e. The fraction of sp³-hybridized carbons (Fsp3) is 0.182.